The summed E-state index contributed by atoms with van der Waals surface area (Å²) >= 11 is 0. The van der Waals surface area contributed by atoms with Gasteiger partial charge in [0.25, 0.3) is 0 Å². The van der Waals surface area contributed by atoms with Crippen molar-refractivity contribution in [2.45, 2.75) is 19.4 Å². The van der Waals surface area contributed by atoms with Crippen molar-refractivity contribution >= 4 is 15.9 Å². The van der Waals surface area contributed by atoms with Gasteiger partial charge in [-0.05, 0) is 24.6 Å². The average Bonchev–Trinajstić information content (AvgIpc) is 2.30. The summed E-state index contributed by atoms with van der Waals surface area (Å²) in [5.74, 6) is -2.33. The largest absolute Gasteiger partial charge is 0.350 e. The smallest absolute Gasteiger partial charge is 0.221 e. The van der Waals surface area contributed by atoms with Crippen LogP contribution in [0.3, 0.4) is 0 Å². The van der Waals surface area contributed by atoms with Crippen LogP contribution in [0.4, 0.5) is 8.78 Å². The molecule has 1 aromatic carbocycles. The van der Waals surface area contributed by atoms with E-state index in [2.05, 4.69) is 10.0 Å². The second-order valence-electron chi connectivity index (χ2n) is 4.38. The summed E-state index contributed by atoms with van der Waals surface area (Å²) in [6.45, 7) is 1.60. The monoisotopic (exact) mass is 306 g/mol. The van der Waals surface area contributed by atoms with Crippen LogP contribution in [0.2, 0.25) is 0 Å². The molecule has 0 aliphatic rings. The minimum atomic E-state index is -3.33. The van der Waals surface area contributed by atoms with Crippen molar-refractivity contribution in [3.63, 3.8) is 0 Å². The Morgan fingerprint density at radius 2 is 1.95 bits per heavy atom. The SMILES string of the molecule is C[C@H](NC(=O)CCNS(C)(=O)=O)c1ccc(F)c(F)c1. The van der Waals surface area contributed by atoms with E-state index in [1.807, 2.05) is 0 Å². The van der Waals surface area contributed by atoms with Crippen molar-refractivity contribution in [3.8, 4) is 0 Å². The third-order valence-corrected chi connectivity index (χ3v) is 3.27. The fourth-order valence-corrected chi connectivity index (χ4v) is 2.00. The zero-order valence-corrected chi connectivity index (χ0v) is 11.9. The van der Waals surface area contributed by atoms with Crippen LogP contribution >= 0.6 is 0 Å². The quantitative estimate of drug-likeness (QED) is 0.826. The molecule has 0 spiro atoms. The van der Waals surface area contributed by atoms with Gasteiger partial charge < -0.3 is 5.32 Å². The topological polar surface area (TPSA) is 75.3 Å². The molecule has 0 heterocycles. The summed E-state index contributed by atoms with van der Waals surface area (Å²) in [6, 6.07) is 2.86. The maximum Gasteiger partial charge on any atom is 0.221 e. The average molecular weight is 306 g/mol. The molecule has 5 nitrogen and oxygen atoms in total. The van der Waals surface area contributed by atoms with Gasteiger partial charge in [0.15, 0.2) is 11.6 Å². The molecule has 20 heavy (non-hydrogen) atoms. The van der Waals surface area contributed by atoms with Crippen LogP contribution in [0.15, 0.2) is 18.2 Å². The molecule has 2 N–H and O–H groups in total. The van der Waals surface area contributed by atoms with E-state index >= 15 is 0 Å². The summed E-state index contributed by atoms with van der Waals surface area (Å²) in [4.78, 5) is 11.6. The van der Waals surface area contributed by atoms with Gasteiger partial charge in [0.1, 0.15) is 0 Å². The molecule has 0 radical (unpaired) electrons. The highest BCUT2D eigenvalue weighted by Crippen LogP contribution is 2.15. The van der Waals surface area contributed by atoms with E-state index in [0.29, 0.717) is 5.56 Å². The summed E-state index contributed by atoms with van der Waals surface area (Å²) in [6.07, 6.45) is 0.954. The van der Waals surface area contributed by atoms with Crippen LogP contribution < -0.4 is 10.0 Å². The molecule has 0 fully saturated rings. The van der Waals surface area contributed by atoms with E-state index in [1.165, 1.54) is 6.07 Å². The van der Waals surface area contributed by atoms with Crippen molar-refractivity contribution in [2.24, 2.45) is 0 Å². The van der Waals surface area contributed by atoms with Crippen molar-refractivity contribution in [3.05, 3.63) is 35.4 Å². The lowest BCUT2D eigenvalue weighted by Crippen LogP contribution is -2.31. The van der Waals surface area contributed by atoms with Crippen LogP contribution in [-0.2, 0) is 14.8 Å². The van der Waals surface area contributed by atoms with E-state index < -0.39 is 33.6 Å². The van der Waals surface area contributed by atoms with Crippen LogP contribution in [0.1, 0.15) is 24.9 Å². The molecule has 0 aliphatic heterocycles. The lowest BCUT2D eigenvalue weighted by molar-refractivity contribution is -0.121. The predicted octanol–water partition coefficient (Wildman–Crippen LogP) is 1.08. The Morgan fingerprint density at radius 3 is 2.50 bits per heavy atom. The van der Waals surface area contributed by atoms with Gasteiger partial charge in [-0.2, -0.15) is 0 Å². The van der Waals surface area contributed by atoms with Gasteiger partial charge in [0.05, 0.1) is 12.3 Å². The molecular formula is C12H16F2N2O3S. The molecule has 0 saturated heterocycles. The highest BCUT2D eigenvalue weighted by atomic mass is 32.2. The number of carbonyl (C=O) groups is 1. The standard InChI is InChI=1S/C12H16F2N2O3S/c1-8(9-3-4-10(13)11(14)7-9)16-12(17)5-6-15-20(2,18)19/h3-4,7-8,15H,5-6H2,1-2H3,(H,16,17)/t8-/m0/s1. The summed E-state index contributed by atoms with van der Waals surface area (Å²) in [7, 11) is -3.33. The molecule has 1 aromatic rings. The number of hydrogen-bond acceptors (Lipinski definition) is 3. The third-order valence-electron chi connectivity index (χ3n) is 2.54. The Bertz CT molecular complexity index is 590. The first-order valence-electron chi connectivity index (χ1n) is 5.88. The van der Waals surface area contributed by atoms with E-state index in [1.54, 1.807) is 6.92 Å². The van der Waals surface area contributed by atoms with Crippen molar-refractivity contribution in [1.82, 2.24) is 10.0 Å². The second kappa shape index (κ2) is 6.76. The molecule has 0 unspecified atom stereocenters. The van der Waals surface area contributed by atoms with Gasteiger partial charge in [0.2, 0.25) is 15.9 Å². The highest BCUT2D eigenvalue weighted by molar-refractivity contribution is 7.88. The number of sulfonamides is 1. The van der Waals surface area contributed by atoms with Crippen LogP contribution in [0, 0.1) is 11.6 Å². The van der Waals surface area contributed by atoms with E-state index in [9.17, 15) is 22.0 Å². The Labute approximate surface area is 116 Å². The molecular weight excluding hydrogens is 290 g/mol. The summed E-state index contributed by atoms with van der Waals surface area (Å²) in [5, 5.41) is 2.57. The first-order chi connectivity index (χ1) is 9.19. The van der Waals surface area contributed by atoms with Crippen LogP contribution in [0.5, 0.6) is 0 Å². The Kier molecular flexibility index (Phi) is 5.58. The van der Waals surface area contributed by atoms with Gasteiger partial charge in [-0.25, -0.2) is 21.9 Å². The molecule has 0 aromatic heterocycles. The maximum atomic E-state index is 13.0. The second-order valence-corrected chi connectivity index (χ2v) is 6.21. The maximum absolute atomic E-state index is 13.0. The molecule has 1 atom stereocenters. The fourth-order valence-electron chi connectivity index (χ4n) is 1.53. The van der Waals surface area contributed by atoms with E-state index in [0.717, 1.165) is 18.4 Å². The molecule has 112 valence electrons. The molecule has 0 saturated carbocycles. The molecule has 8 heteroatoms. The zero-order chi connectivity index (χ0) is 15.3. The van der Waals surface area contributed by atoms with Crippen molar-refractivity contribution < 1.29 is 22.0 Å². The number of benzene rings is 1. The molecule has 0 aliphatic carbocycles. The van der Waals surface area contributed by atoms with E-state index in [4.69, 9.17) is 0 Å². The van der Waals surface area contributed by atoms with Gasteiger partial charge in [-0.15, -0.1) is 0 Å². The third kappa shape index (κ3) is 5.62. The number of halogens is 2. The predicted molar refractivity (Wildman–Crippen MR) is 70.4 cm³/mol. The van der Waals surface area contributed by atoms with E-state index in [-0.39, 0.29) is 13.0 Å². The van der Waals surface area contributed by atoms with Gasteiger partial charge >= 0.3 is 0 Å². The van der Waals surface area contributed by atoms with Gasteiger partial charge in [-0.3, -0.25) is 4.79 Å². The molecule has 1 amide bonds. The van der Waals surface area contributed by atoms with Crippen LogP contribution in [-0.4, -0.2) is 27.1 Å². The van der Waals surface area contributed by atoms with Crippen molar-refractivity contribution in [2.75, 3.05) is 12.8 Å². The Balaban J connectivity index is 2.51. The summed E-state index contributed by atoms with van der Waals surface area (Å²) in [5.41, 5.74) is 0.424. The first-order valence-corrected chi connectivity index (χ1v) is 7.77. The number of carbonyl (C=O) groups excluding carboxylic acids is 1. The van der Waals surface area contributed by atoms with Crippen molar-refractivity contribution in [1.29, 1.82) is 0 Å². The number of rotatable bonds is 6. The number of hydrogen-bond donors (Lipinski definition) is 2. The Hall–Kier alpha value is -1.54. The zero-order valence-electron chi connectivity index (χ0n) is 11.1. The van der Waals surface area contributed by atoms with Gasteiger partial charge in [0, 0.05) is 13.0 Å². The minimum Gasteiger partial charge on any atom is -0.350 e. The molecule has 0 bridgehead atoms. The normalized spacial score (nSPS) is 13.0. The first kappa shape index (κ1) is 16.5. The number of nitrogens with one attached hydrogen (secondary N) is 2. The lowest BCUT2D eigenvalue weighted by Gasteiger charge is -2.14. The summed E-state index contributed by atoms with van der Waals surface area (Å²) < 4.78 is 49.6. The fraction of sp³-hybridized carbons (Fsp3) is 0.417. The van der Waals surface area contributed by atoms with Crippen LogP contribution in [0.25, 0.3) is 0 Å². The minimum absolute atomic E-state index is 0.0187. The molecule has 1 rings (SSSR count). The highest BCUT2D eigenvalue weighted by Gasteiger charge is 2.12. The Morgan fingerprint density at radius 1 is 1.30 bits per heavy atom. The lowest BCUT2D eigenvalue weighted by atomic mass is 10.1. The number of amides is 1. The van der Waals surface area contributed by atoms with Gasteiger partial charge in [-0.1, -0.05) is 6.07 Å².